The first-order valence-electron chi connectivity index (χ1n) is 5.01. The summed E-state index contributed by atoms with van der Waals surface area (Å²) in [4.78, 5) is 14.0. The summed E-state index contributed by atoms with van der Waals surface area (Å²) in [7, 11) is 0. The number of aromatic nitrogens is 2. The molecule has 3 aromatic heterocycles. The van der Waals surface area contributed by atoms with Gasteiger partial charge in [-0.2, -0.15) is 5.10 Å². The summed E-state index contributed by atoms with van der Waals surface area (Å²) < 4.78 is 0. The first-order chi connectivity index (χ1) is 8.36. The van der Waals surface area contributed by atoms with Gasteiger partial charge in [-0.15, -0.1) is 22.7 Å². The Labute approximate surface area is 105 Å². The summed E-state index contributed by atoms with van der Waals surface area (Å²) in [5.74, 6) is 0. The fourth-order valence-corrected chi connectivity index (χ4v) is 3.21. The SMILES string of the molecule is O=c1[nH]ncc(-c2cccs2)c1-c1cccs1. The smallest absolute Gasteiger partial charge is 0.267 e. The van der Waals surface area contributed by atoms with E-state index in [4.69, 9.17) is 0 Å². The monoisotopic (exact) mass is 260 g/mol. The van der Waals surface area contributed by atoms with Gasteiger partial charge in [0.05, 0.1) is 11.8 Å². The molecule has 0 saturated heterocycles. The maximum Gasteiger partial charge on any atom is 0.273 e. The van der Waals surface area contributed by atoms with E-state index in [2.05, 4.69) is 10.2 Å². The van der Waals surface area contributed by atoms with Crippen molar-refractivity contribution in [3.8, 4) is 20.9 Å². The molecule has 0 unspecified atom stereocenters. The molecule has 84 valence electrons. The van der Waals surface area contributed by atoms with Crippen LogP contribution in [0.15, 0.2) is 46.0 Å². The predicted octanol–water partition coefficient (Wildman–Crippen LogP) is 3.23. The average molecular weight is 260 g/mol. The van der Waals surface area contributed by atoms with Gasteiger partial charge in [-0.25, -0.2) is 5.10 Å². The number of H-pyrrole nitrogens is 1. The quantitative estimate of drug-likeness (QED) is 0.769. The third kappa shape index (κ3) is 1.83. The van der Waals surface area contributed by atoms with Gasteiger partial charge in [0.1, 0.15) is 0 Å². The minimum absolute atomic E-state index is 0.140. The molecule has 17 heavy (non-hydrogen) atoms. The van der Waals surface area contributed by atoms with Gasteiger partial charge in [0.25, 0.3) is 5.56 Å². The lowest BCUT2D eigenvalue weighted by Crippen LogP contribution is -2.10. The Morgan fingerprint density at radius 1 is 1.06 bits per heavy atom. The van der Waals surface area contributed by atoms with Crippen molar-refractivity contribution in [3.05, 3.63) is 51.6 Å². The minimum Gasteiger partial charge on any atom is -0.267 e. The molecule has 3 rings (SSSR count). The number of hydrogen-bond acceptors (Lipinski definition) is 4. The molecule has 5 heteroatoms. The van der Waals surface area contributed by atoms with Crippen LogP contribution >= 0.6 is 22.7 Å². The van der Waals surface area contributed by atoms with Gasteiger partial charge in [0.15, 0.2) is 0 Å². The zero-order chi connectivity index (χ0) is 11.7. The highest BCUT2D eigenvalue weighted by atomic mass is 32.1. The van der Waals surface area contributed by atoms with Crippen LogP contribution in [0, 0.1) is 0 Å². The van der Waals surface area contributed by atoms with E-state index in [1.165, 1.54) is 0 Å². The summed E-state index contributed by atoms with van der Waals surface area (Å²) in [6, 6.07) is 7.86. The zero-order valence-corrected chi connectivity index (χ0v) is 10.3. The van der Waals surface area contributed by atoms with Gasteiger partial charge in [-0.1, -0.05) is 12.1 Å². The zero-order valence-electron chi connectivity index (χ0n) is 8.71. The topological polar surface area (TPSA) is 45.8 Å². The molecule has 0 amide bonds. The number of nitrogens with zero attached hydrogens (tertiary/aromatic N) is 1. The maximum atomic E-state index is 11.9. The number of nitrogens with one attached hydrogen (secondary N) is 1. The van der Waals surface area contributed by atoms with E-state index in [1.807, 2.05) is 35.0 Å². The Morgan fingerprint density at radius 2 is 1.76 bits per heavy atom. The van der Waals surface area contributed by atoms with Crippen LogP contribution in [0.3, 0.4) is 0 Å². The Balaban J connectivity index is 2.30. The first kappa shape index (κ1) is 10.4. The van der Waals surface area contributed by atoms with Crippen molar-refractivity contribution in [2.24, 2.45) is 0 Å². The number of hydrogen-bond donors (Lipinski definition) is 1. The summed E-state index contributed by atoms with van der Waals surface area (Å²) in [6.07, 6.45) is 1.71. The molecule has 3 aromatic rings. The molecule has 0 aliphatic carbocycles. The van der Waals surface area contributed by atoms with Crippen molar-refractivity contribution in [1.29, 1.82) is 0 Å². The van der Waals surface area contributed by atoms with Crippen LogP contribution < -0.4 is 5.56 Å². The van der Waals surface area contributed by atoms with Crippen molar-refractivity contribution in [2.45, 2.75) is 0 Å². The Kier molecular flexibility index (Phi) is 2.62. The van der Waals surface area contributed by atoms with E-state index >= 15 is 0 Å². The second kappa shape index (κ2) is 4.27. The minimum atomic E-state index is -0.140. The molecule has 0 bridgehead atoms. The lowest BCUT2D eigenvalue weighted by Gasteiger charge is -2.03. The van der Waals surface area contributed by atoms with Gasteiger partial charge in [-0.05, 0) is 22.9 Å². The van der Waals surface area contributed by atoms with Crippen molar-refractivity contribution in [1.82, 2.24) is 10.2 Å². The van der Waals surface area contributed by atoms with E-state index in [-0.39, 0.29) is 5.56 Å². The lowest BCUT2D eigenvalue weighted by atomic mass is 10.1. The molecule has 0 saturated carbocycles. The summed E-state index contributed by atoms with van der Waals surface area (Å²) in [5.41, 5.74) is 1.46. The van der Waals surface area contributed by atoms with Crippen LogP contribution in [-0.2, 0) is 0 Å². The van der Waals surface area contributed by atoms with Gasteiger partial charge >= 0.3 is 0 Å². The van der Waals surface area contributed by atoms with Crippen molar-refractivity contribution in [2.75, 3.05) is 0 Å². The third-order valence-electron chi connectivity index (χ3n) is 2.41. The van der Waals surface area contributed by atoms with E-state index in [9.17, 15) is 4.79 Å². The van der Waals surface area contributed by atoms with Gasteiger partial charge in [-0.3, -0.25) is 4.79 Å². The summed E-state index contributed by atoms with van der Waals surface area (Å²) >= 11 is 3.17. The van der Waals surface area contributed by atoms with Gasteiger partial charge < -0.3 is 0 Å². The standard InChI is InChI=1S/C12H8N2OS2/c15-12-11(10-4-2-6-17-10)8(7-13-14-12)9-3-1-5-16-9/h1-7H,(H,14,15). The molecule has 0 spiro atoms. The molecule has 3 nitrogen and oxygen atoms in total. The first-order valence-corrected chi connectivity index (χ1v) is 6.77. The predicted molar refractivity (Wildman–Crippen MR) is 71.5 cm³/mol. The van der Waals surface area contributed by atoms with Crippen molar-refractivity contribution in [3.63, 3.8) is 0 Å². The third-order valence-corrected chi connectivity index (χ3v) is 4.20. The van der Waals surface area contributed by atoms with E-state index in [1.54, 1.807) is 28.9 Å². The Morgan fingerprint density at radius 3 is 2.41 bits per heavy atom. The van der Waals surface area contributed by atoms with Crippen LogP contribution in [-0.4, -0.2) is 10.2 Å². The molecule has 3 heterocycles. The number of aromatic amines is 1. The molecule has 0 radical (unpaired) electrons. The van der Waals surface area contributed by atoms with Crippen molar-refractivity contribution < 1.29 is 0 Å². The molecule has 1 N–H and O–H groups in total. The van der Waals surface area contributed by atoms with Crippen LogP contribution in [0.5, 0.6) is 0 Å². The number of thiophene rings is 2. The summed E-state index contributed by atoms with van der Waals surface area (Å²) in [6.45, 7) is 0. The normalized spacial score (nSPS) is 10.6. The Bertz CT molecular complexity index is 669. The molecular weight excluding hydrogens is 252 g/mol. The molecular formula is C12H8N2OS2. The highest BCUT2D eigenvalue weighted by Gasteiger charge is 2.13. The van der Waals surface area contributed by atoms with Crippen LogP contribution in [0.4, 0.5) is 0 Å². The maximum absolute atomic E-state index is 11.9. The lowest BCUT2D eigenvalue weighted by molar-refractivity contribution is 0.995. The highest BCUT2D eigenvalue weighted by Crippen LogP contribution is 2.33. The molecule has 0 aromatic carbocycles. The van der Waals surface area contributed by atoms with E-state index < -0.39 is 0 Å². The van der Waals surface area contributed by atoms with Crippen LogP contribution in [0.1, 0.15) is 0 Å². The van der Waals surface area contributed by atoms with Gasteiger partial charge in [0.2, 0.25) is 0 Å². The molecule has 0 aliphatic rings. The van der Waals surface area contributed by atoms with Crippen LogP contribution in [0.25, 0.3) is 20.9 Å². The van der Waals surface area contributed by atoms with Crippen LogP contribution in [0.2, 0.25) is 0 Å². The van der Waals surface area contributed by atoms with E-state index in [0.29, 0.717) is 5.56 Å². The highest BCUT2D eigenvalue weighted by molar-refractivity contribution is 7.14. The average Bonchev–Trinajstić information content (AvgIpc) is 3.02. The number of rotatable bonds is 2. The second-order valence-electron chi connectivity index (χ2n) is 3.44. The largest absolute Gasteiger partial charge is 0.273 e. The van der Waals surface area contributed by atoms with E-state index in [0.717, 1.165) is 15.3 Å². The van der Waals surface area contributed by atoms with Crippen molar-refractivity contribution >= 4 is 22.7 Å². The second-order valence-corrected chi connectivity index (χ2v) is 5.34. The molecule has 0 fully saturated rings. The molecule has 0 atom stereocenters. The Hall–Kier alpha value is -1.72. The summed E-state index contributed by atoms with van der Waals surface area (Å²) in [5, 5.41) is 10.3. The molecule has 0 aliphatic heterocycles. The van der Waals surface area contributed by atoms with Gasteiger partial charge in [0, 0.05) is 15.3 Å². The fourth-order valence-electron chi connectivity index (χ4n) is 1.68. The fraction of sp³-hybridized carbons (Fsp3) is 0.